The van der Waals surface area contributed by atoms with Gasteiger partial charge in [-0.05, 0) is 41.8 Å². The number of non-ortho nitro benzene ring substituents is 1. The molecule has 2 aliphatic rings. The Hall–Kier alpha value is -4.46. The van der Waals surface area contributed by atoms with E-state index in [1.807, 2.05) is 37.3 Å². The van der Waals surface area contributed by atoms with Crippen molar-refractivity contribution in [3.05, 3.63) is 111 Å². The van der Waals surface area contributed by atoms with Crippen LogP contribution in [0.1, 0.15) is 35.2 Å². The van der Waals surface area contributed by atoms with E-state index in [4.69, 9.17) is 4.74 Å². The van der Waals surface area contributed by atoms with Crippen molar-refractivity contribution < 1.29 is 24.4 Å². The number of carbonyl (C=O) groups excluding carboxylic acids is 2. The fourth-order valence-electron chi connectivity index (χ4n) is 4.70. The van der Waals surface area contributed by atoms with Gasteiger partial charge in [-0.25, -0.2) is 0 Å². The number of ketones is 1. The summed E-state index contributed by atoms with van der Waals surface area (Å²) in [5.74, 6) is -1.21. The minimum Gasteiger partial charge on any atom is -0.507 e. The third-order valence-electron chi connectivity index (χ3n) is 6.30. The van der Waals surface area contributed by atoms with Crippen molar-refractivity contribution in [2.75, 3.05) is 0 Å². The van der Waals surface area contributed by atoms with E-state index in [-0.39, 0.29) is 29.7 Å². The lowest BCUT2D eigenvalue weighted by atomic mass is 9.94. The van der Waals surface area contributed by atoms with Gasteiger partial charge in [0.1, 0.15) is 17.6 Å². The number of nitro benzene ring substituents is 1. The molecule has 0 radical (unpaired) electrons. The molecular weight excluding hydrogens is 448 g/mol. The Bertz CT molecular complexity index is 1380. The minimum atomic E-state index is -0.987. The molecule has 0 aliphatic carbocycles. The fraction of sp³-hybridized carbons (Fsp3) is 0.185. The highest BCUT2D eigenvalue weighted by Crippen LogP contribution is 2.42. The molecule has 8 heteroatoms. The average Bonchev–Trinajstić information content (AvgIpc) is 3.35. The third-order valence-corrected chi connectivity index (χ3v) is 6.30. The number of rotatable bonds is 5. The van der Waals surface area contributed by atoms with Gasteiger partial charge in [0.2, 0.25) is 0 Å². The van der Waals surface area contributed by atoms with Crippen molar-refractivity contribution >= 4 is 23.1 Å². The number of nitro groups is 1. The van der Waals surface area contributed by atoms with E-state index in [1.165, 1.54) is 23.1 Å². The minimum absolute atomic E-state index is 0.00344. The number of Topliss-reactive ketones (excluding diaryl/α,β-unsaturated/α-hetero) is 1. The Morgan fingerprint density at radius 1 is 1.09 bits per heavy atom. The lowest BCUT2D eigenvalue weighted by Crippen LogP contribution is -2.29. The van der Waals surface area contributed by atoms with Gasteiger partial charge in [-0.2, -0.15) is 0 Å². The van der Waals surface area contributed by atoms with Crippen LogP contribution in [-0.2, 0) is 22.6 Å². The second kappa shape index (κ2) is 8.72. The van der Waals surface area contributed by atoms with Crippen LogP contribution in [-0.4, -0.2) is 32.7 Å². The number of aliphatic hydroxyl groups excluding tert-OH is 1. The number of hydrogen-bond donors (Lipinski definition) is 1. The van der Waals surface area contributed by atoms with Crippen molar-refractivity contribution in [3.8, 4) is 5.75 Å². The van der Waals surface area contributed by atoms with Crippen LogP contribution in [0.5, 0.6) is 5.75 Å². The van der Waals surface area contributed by atoms with Crippen LogP contribution in [0.4, 0.5) is 5.69 Å². The number of aliphatic hydroxyl groups is 1. The standard InChI is InChI=1S/C27H22N2O6/c1-16-12-20-13-19(10-11-22(20)35-16)25(30)23-24(18-8-5-9-21(14-18)29(33)34)28(27(32)26(23)31)15-17-6-3-2-4-7-17/h2-11,13-14,16,24,30H,12,15H2,1H3/b25-23+/t16-,24-/m0/s1. The van der Waals surface area contributed by atoms with Gasteiger partial charge >= 0.3 is 0 Å². The molecule has 176 valence electrons. The first-order valence-electron chi connectivity index (χ1n) is 11.2. The molecule has 2 heterocycles. The summed E-state index contributed by atoms with van der Waals surface area (Å²) >= 11 is 0. The Morgan fingerprint density at radius 2 is 1.86 bits per heavy atom. The van der Waals surface area contributed by atoms with Crippen molar-refractivity contribution in [3.63, 3.8) is 0 Å². The molecule has 0 aromatic heterocycles. The summed E-state index contributed by atoms with van der Waals surface area (Å²) in [7, 11) is 0. The molecule has 0 unspecified atom stereocenters. The topological polar surface area (TPSA) is 110 Å². The molecule has 1 saturated heterocycles. The Morgan fingerprint density at radius 3 is 2.60 bits per heavy atom. The number of benzene rings is 3. The highest BCUT2D eigenvalue weighted by atomic mass is 16.6. The molecule has 3 aromatic rings. The summed E-state index contributed by atoms with van der Waals surface area (Å²) in [6.07, 6.45) is 0.663. The average molecular weight is 470 g/mol. The smallest absolute Gasteiger partial charge is 0.295 e. The predicted octanol–water partition coefficient (Wildman–Crippen LogP) is 4.54. The summed E-state index contributed by atoms with van der Waals surface area (Å²) in [5, 5.41) is 22.7. The summed E-state index contributed by atoms with van der Waals surface area (Å²) < 4.78 is 5.72. The van der Waals surface area contributed by atoms with Gasteiger partial charge in [0.25, 0.3) is 17.4 Å². The first-order valence-corrected chi connectivity index (χ1v) is 11.2. The number of ether oxygens (including phenoxy) is 1. The van der Waals surface area contributed by atoms with Gasteiger partial charge in [-0.3, -0.25) is 19.7 Å². The van der Waals surface area contributed by atoms with E-state index in [2.05, 4.69) is 0 Å². The maximum absolute atomic E-state index is 13.2. The molecule has 8 nitrogen and oxygen atoms in total. The molecule has 1 amide bonds. The van der Waals surface area contributed by atoms with Gasteiger partial charge in [-0.1, -0.05) is 42.5 Å². The summed E-state index contributed by atoms with van der Waals surface area (Å²) in [6, 6.07) is 19.1. The molecule has 5 rings (SSSR count). The molecule has 3 aromatic carbocycles. The zero-order chi connectivity index (χ0) is 24.7. The summed E-state index contributed by atoms with van der Waals surface area (Å²) in [4.78, 5) is 38.6. The molecule has 1 N–H and O–H groups in total. The van der Waals surface area contributed by atoms with Crippen molar-refractivity contribution in [1.82, 2.24) is 4.90 Å². The molecule has 0 saturated carbocycles. The quantitative estimate of drug-likeness (QED) is 0.193. The summed E-state index contributed by atoms with van der Waals surface area (Å²) in [5.41, 5.74) is 2.17. The van der Waals surface area contributed by atoms with Crippen molar-refractivity contribution in [2.45, 2.75) is 32.0 Å². The van der Waals surface area contributed by atoms with E-state index in [0.29, 0.717) is 23.3 Å². The number of hydrogen-bond acceptors (Lipinski definition) is 6. The Labute approximate surface area is 201 Å². The number of likely N-dealkylation sites (tertiary alicyclic amines) is 1. The van der Waals surface area contributed by atoms with Crippen molar-refractivity contribution in [1.29, 1.82) is 0 Å². The molecule has 35 heavy (non-hydrogen) atoms. The van der Waals surface area contributed by atoms with Crippen LogP contribution < -0.4 is 4.74 Å². The molecule has 0 bridgehead atoms. The largest absolute Gasteiger partial charge is 0.507 e. The fourth-order valence-corrected chi connectivity index (χ4v) is 4.70. The number of amides is 1. The molecular formula is C27H22N2O6. The highest BCUT2D eigenvalue weighted by Gasteiger charge is 2.46. The monoisotopic (exact) mass is 470 g/mol. The lowest BCUT2D eigenvalue weighted by Gasteiger charge is -2.25. The van der Waals surface area contributed by atoms with Gasteiger partial charge in [-0.15, -0.1) is 0 Å². The maximum Gasteiger partial charge on any atom is 0.295 e. The van der Waals surface area contributed by atoms with E-state index >= 15 is 0 Å². The van der Waals surface area contributed by atoms with E-state index < -0.39 is 22.7 Å². The predicted molar refractivity (Wildman–Crippen MR) is 128 cm³/mol. The molecule has 2 aliphatic heterocycles. The van der Waals surface area contributed by atoms with Crippen LogP contribution in [0.3, 0.4) is 0 Å². The molecule has 1 fully saturated rings. The Kier molecular flexibility index (Phi) is 5.56. The van der Waals surface area contributed by atoms with Crippen LogP contribution in [0, 0.1) is 10.1 Å². The van der Waals surface area contributed by atoms with Gasteiger partial charge in [0.05, 0.1) is 16.5 Å². The zero-order valence-electron chi connectivity index (χ0n) is 18.9. The van der Waals surface area contributed by atoms with E-state index in [9.17, 15) is 24.8 Å². The van der Waals surface area contributed by atoms with Crippen LogP contribution in [0.15, 0.2) is 78.4 Å². The number of fused-ring (bicyclic) bond motifs is 1. The third kappa shape index (κ3) is 4.03. The van der Waals surface area contributed by atoms with Crippen LogP contribution in [0.2, 0.25) is 0 Å². The SMILES string of the molecule is C[C@H]1Cc2cc(/C(O)=C3\C(=O)C(=O)N(Cc4ccccc4)[C@H]3c3cccc([N+](=O)[O-])c3)ccc2O1. The van der Waals surface area contributed by atoms with Crippen LogP contribution in [0.25, 0.3) is 5.76 Å². The van der Waals surface area contributed by atoms with Gasteiger partial charge in [0, 0.05) is 30.7 Å². The normalized spacial score (nSPS) is 20.5. The van der Waals surface area contributed by atoms with Crippen molar-refractivity contribution in [2.24, 2.45) is 0 Å². The zero-order valence-corrected chi connectivity index (χ0v) is 18.9. The van der Waals surface area contributed by atoms with Crippen LogP contribution >= 0.6 is 0 Å². The van der Waals surface area contributed by atoms with Gasteiger partial charge < -0.3 is 14.7 Å². The maximum atomic E-state index is 13.2. The number of nitrogens with zero attached hydrogens (tertiary/aromatic N) is 2. The lowest BCUT2D eigenvalue weighted by molar-refractivity contribution is -0.384. The van der Waals surface area contributed by atoms with E-state index in [1.54, 1.807) is 24.3 Å². The molecule has 2 atom stereocenters. The van der Waals surface area contributed by atoms with Gasteiger partial charge in [0.15, 0.2) is 0 Å². The number of carbonyl (C=O) groups is 2. The van der Waals surface area contributed by atoms with E-state index in [0.717, 1.165) is 11.1 Å². The first kappa shape index (κ1) is 22.3. The Balaban J connectivity index is 1.65. The summed E-state index contributed by atoms with van der Waals surface area (Å²) in [6.45, 7) is 2.04. The molecule has 0 spiro atoms. The second-order valence-electron chi connectivity index (χ2n) is 8.72. The second-order valence-corrected chi connectivity index (χ2v) is 8.72. The highest BCUT2D eigenvalue weighted by molar-refractivity contribution is 6.46. The first-order chi connectivity index (χ1) is 16.8.